The standard InChI is InChI=1S/C10H13ClN2/c1-3-8(2)7-13-9-4-5-12-10(11)6-9/h4-6H,2-3,7H2,1H3,(H,12,13). The van der Waals surface area contributed by atoms with Gasteiger partial charge in [0.05, 0.1) is 0 Å². The van der Waals surface area contributed by atoms with Crippen molar-refractivity contribution >= 4 is 17.3 Å². The van der Waals surface area contributed by atoms with E-state index in [-0.39, 0.29) is 0 Å². The molecule has 1 rings (SSSR count). The van der Waals surface area contributed by atoms with Gasteiger partial charge in [-0.25, -0.2) is 4.98 Å². The summed E-state index contributed by atoms with van der Waals surface area (Å²) in [4.78, 5) is 3.89. The van der Waals surface area contributed by atoms with Crippen LogP contribution in [0.5, 0.6) is 0 Å². The summed E-state index contributed by atoms with van der Waals surface area (Å²) in [5.41, 5.74) is 2.16. The second kappa shape index (κ2) is 4.87. The van der Waals surface area contributed by atoms with Gasteiger partial charge >= 0.3 is 0 Å². The van der Waals surface area contributed by atoms with E-state index in [1.807, 2.05) is 6.07 Å². The molecule has 0 bridgehead atoms. The van der Waals surface area contributed by atoms with E-state index < -0.39 is 0 Å². The quantitative estimate of drug-likeness (QED) is 0.591. The van der Waals surface area contributed by atoms with E-state index in [0.29, 0.717) is 5.15 Å². The van der Waals surface area contributed by atoms with Crippen LogP contribution in [0, 0.1) is 0 Å². The van der Waals surface area contributed by atoms with Gasteiger partial charge in [-0.15, -0.1) is 0 Å². The third kappa shape index (κ3) is 3.47. The van der Waals surface area contributed by atoms with E-state index >= 15 is 0 Å². The zero-order valence-electron chi connectivity index (χ0n) is 7.68. The first kappa shape index (κ1) is 10.1. The normalized spacial score (nSPS) is 9.69. The Kier molecular flexibility index (Phi) is 3.77. The molecule has 0 aliphatic heterocycles. The second-order valence-corrected chi connectivity index (χ2v) is 3.21. The third-order valence-electron chi connectivity index (χ3n) is 1.77. The largest absolute Gasteiger partial charge is 0.381 e. The molecule has 1 N–H and O–H groups in total. The lowest BCUT2D eigenvalue weighted by molar-refractivity contribution is 1.05. The van der Waals surface area contributed by atoms with Crippen LogP contribution in [0.4, 0.5) is 5.69 Å². The lowest BCUT2D eigenvalue weighted by Crippen LogP contribution is -2.03. The van der Waals surface area contributed by atoms with Gasteiger partial charge in [0.25, 0.3) is 0 Å². The van der Waals surface area contributed by atoms with Gasteiger partial charge in [-0.2, -0.15) is 0 Å². The molecule has 3 heteroatoms. The van der Waals surface area contributed by atoms with Gasteiger partial charge in [-0.3, -0.25) is 0 Å². The smallest absolute Gasteiger partial charge is 0.131 e. The Bertz CT molecular complexity index is 297. The molecule has 0 aliphatic rings. The zero-order chi connectivity index (χ0) is 9.68. The van der Waals surface area contributed by atoms with Gasteiger partial charge in [-0.1, -0.05) is 30.7 Å². The van der Waals surface area contributed by atoms with Crippen molar-refractivity contribution in [2.45, 2.75) is 13.3 Å². The van der Waals surface area contributed by atoms with E-state index in [0.717, 1.165) is 18.7 Å². The number of nitrogens with one attached hydrogen (secondary N) is 1. The minimum absolute atomic E-state index is 0.507. The maximum atomic E-state index is 5.72. The molecular formula is C10H13ClN2. The van der Waals surface area contributed by atoms with Gasteiger partial charge < -0.3 is 5.32 Å². The van der Waals surface area contributed by atoms with Crippen molar-refractivity contribution in [3.8, 4) is 0 Å². The zero-order valence-corrected chi connectivity index (χ0v) is 8.43. The van der Waals surface area contributed by atoms with Crippen molar-refractivity contribution in [2.75, 3.05) is 11.9 Å². The van der Waals surface area contributed by atoms with Gasteiger partial charge in [-0.05, 0) is 18.6 Å². The molecule has 0 unspecified atom stereocenters. The highest BCUT2D eigenvalue weighted by molar-refractivity contribution is 6.29. The molecule has 0 saturated carbocycles. The van der Waals surface area contributed by atoms with Crippen LogP contribution in [-0.4, -0.2) is 11.5 Å². The molecule has 2 nitrogen and oxygen atoms in total. The first-order valence-electron chi connectivity index (χ1n) is 4.24. The molecule has 1 aromatic rings. The van der Waals surface area contributed by atoms with E-state index in [9.17, 15) is 0 Å². The average molecular weight is 197 g/mol. The van der Waals surface area contributed by atoms with Crippen molar-refractivity contribution in [1.29, 1.82) is 0 Å². The highest BCUT2D eigenvalue weighted by Crippen LogP contribution is 2.12. The first-order valence-corrected chi connectivity index (χ1v) is 4.62. The van der Waals surface area contributed by atoms with Gasteiger partial charge in [0.1, 0.15) is 5.15 Å². The summed E-state index contributed by atoms with van der Waals surface area (Å²) < 4.78 is 0. The number of nitrogens with zero attached hydrogens (tertiary/aromatic N) is 1. The van der Waals surface area contributed by atoms with Crippen molar-refractivity contribution < 1.29 is 0 Å². The molecule has 1 aromatic heterocycles. The molecule has 70 valence electrons. The second-order valence-electron chi connectivity index (χ2n) is 2.82. The van der Waals surface area contributed by atoms with Crippen LogP contribution < -0.4 is 5.32 Å². The average Bonchev–Trinajstić information content (AvgIpc) is 2.14. The van der Waals surface area contributed by atoms with E-state index in [1.165, 1.54) is 5.57 Å². The molecule has 0 aliphatic carbocycles. The van der Waals surface area contributed by atoms with Gasteiger partial charge in [0, 0.05) is 18.4 Å². The summed E-state index contributed by atoms with van der Waals surface area (Å²) in [6.45, 7) is 6.77. The van der Waals surface area contributed by atoms with Crippen molar-refractivity contribution in [1.82, 2.24) is 4.98 Å². The third-order valence-corrected chi connectivity index (χ3v) is 1.98. The number of pyridine rings is 1. The fraction of sp³-hybridized carbons (Fsp3) is 0.300. The SMILES string of the molecule is C=C(CC)CNc1ccnc(Cl)c1. The minimum atomic E-state index is 0.507. The molecule has 0 atom stereocenters. The molecular weight excluding hydrogens is 184 g/mol. The lowest BCUT2D eigenvalue weighted by Gasteiger charge is -2.06. The number of hydrogen-bond acceptors (Lipinski definition) is 2. The monoisotopic (exact) mass is 196 g/mol. The Morgan fingerprint density at radius 3 is 3.08 bits per heavy atom. The van der Waals surface area contributed by atoms with Crippen LogP contribution in [0.1, 0.15) is 13.3 Å². The summed E-state index contributed by atoms with van der Waals surface area (Å²) in [6.07, 6.45) is 2.67. The molecule has 0 aromatic carbocycles. The first-order chi connectivity index (χ1) is 6.22. The van der Waals surface area contributed by atoms with Crippen LogP contribution in [-0.2, 0) is 0 Å². The molecule has 0 fully saturated rings. The molecule has 0 radical (unpaired) electrons. The summed E-state index contributed by atoms with van der Waals surface area (Å²) in [6, 6.07) is 3.68. The van der Waals surface area contributed by atoms with E-state index in [4.69, 9.17) is 11.6 Å². The summed E-state index contributed by atoms with van der Waals surface area (Å²) in [5.74, 6) is 0. The van der Waals surface area contributed by atoms with E-state index in [2.05, 4.69) is 23.8 Å². The predicted octanol–water partition coefficient (Wildman–Crippen LogP) is 3.11. The highest BCUT2D eigenvalue weighted by atomic mass is 35.5. The molecule has 13 heavy (non-hydrogen) atoms. The fourth-order valence-electron chi connectivity index (χ4n) is 0.864. The molecule has 0 saturated heterocycles. The van der Waals surface area contributed by atoms with E-state index in [1.54, 1.807) is 12.3 Å². The Balaban J connectivity index is 2.50. The number of halogens is 1. The van der Waals surface area contributed by atoms with Crippen molar-refractivity contribution in [2.24, 2.45) is 0 Å². The molecule has 0 spiro atoms. The maximum Gasteiger partial charge on any atom is 0.131 e. The van der Waals surface area contributed by atoms with Crippen molar-refractivity contribution in [3.05, 3.63) is 35.6 Å². The van der Waals surface area contributed by atoms with Crippen LogP contribution in [0.15, 0.2) is 30.5 Å². The Morgan fingerprint density at radius 2 is 2.46 bits per heavy atom. The topological polar surface area (TPSA) is 24.9 Å². The molecule has 0 amide bonds. The van der Waals surface area contributed by atoms with Gasteiger partial charge in [0.2, 0.25) is 0 Å². The van der Waals surface area contributed by atoms with Crippen LogP contribution in [0.25, 0.3) is 0 Å². The number of rotatable bonds is 4. The summed E-state index contributed by atoms with van der Waals surface area (Å²) in [5, 5.41) is 3.72. The van der Waals surface area contributed by atoms with Gasteiger partial charge in [0.15, 0.2) is 0 Å². The Hall–Kier alpha value is -1.02. The Morgan fingerprint density at radius 1 is 1.69 bits per heavy atom. The number of aromatic nitrogens is 1. The predicted molar refractivity (Wildman–Crippen MR) is 57.2 cm³/mol. The fourth-order valence-corrected chi connectivity index (χ4v) is 1.04. The lowest BCUT2D eigenvalue weighted by atomic mass is 10.2. The van der Waals surface area contributed by atoms with Crippen molar-refractivity contribution in [3.63, 3.8) is 0 Å². The summed E-state index contributed by atoms with van der Waals surface area (Å²) in [7, 11) is 0. The highest BCUT2D eigenvalue weighted by Gasteiger charge is 1.94. The minimum Gasteiger partial charge on any atom is -0.381 e. The Labute approximate surface area is 83.6 Å². The number of hydrogen-bond donors (Lipinski definition) is 1. The maximum absolute atomic E-state index is 5.72. The van der Waals surface area contributed by atoms with Crippen LogP contribution >= 0.6 is 11.6 Å². The van der Waals surface area contributed by atoms with Crippen LogP contribution in [0.3, 0.4) is 0 Å². The molecule has 1 heterocycles. The summed E-state index contributed by atoms with van der Waals surface area (Å²) >= 11 is 5.72. The number of anilines is 1. The van der Waals surface area contributed by atoms with Crippen LogP contribution in [0.2, 0.25) is 5.15 Å².